The lowest BCUT2D eigenvalue weighted by Gasteiger charge is -2.07. The highest BCUT2D eigenvalue weighted by molar-refractivity contribution is 7.09. The first-order valence-electron chi connectivity index (χ1n) is 7.71. The summed E-state index contributed by atoms with van der Waals surface area (Å²) < 4.78 is 14.5. The molecule has 0 aromatic carbocycles. The summed E-state index contributed by atoms with van der Waals surface area (Å²) in [7, 11) is 0. The van der Waals surface area contributed by atoms with Crippen LogP contribution in [0.15, 0.2) is 23.6 Å². The number of nitrogens with one attached hydrogen (secondary N) is 1. The van der Waals surface area contributed by atoms with Gasteiger partial charge in [0.15, 0.2) is 5.82 Å². The van der Waals surface area contributed by atoms with Crippen LogP contribution in [0.3, 0.4) is 0 Å². The fraction of sp³-hybridized carbons (Fsp3) is 0.294. The molecular formula is C17H17ClFN5S. The Hall–Kier alpha value is -2.14. The van der Waals surface area contributed by atoms with Crippen LogP contribution < -0.4 is 11.1 Å². The van der Waals surface area contributed by atoms with Gasteiger partial charge in [-0.15, -0.1) is 16.4 Å². The molecule has 25 heavy (non-hydrogen) atoms. The Kier molecular flexibility index (Phi) is 5.53. The number of rotatable bonds is 6. The van der Waals surface area contributed by atoms with E-state index in [0.717, 1.165) is 11.1 Å². The maximum atomic E-state index is 12.8. The lowest BCUT2D eigenvalue weighted by molar-refractivity contribution is 0.427. The molecular weight excluding hydrogens is 361 g/mol. The summed E-state index contributed by atoms with van der Waals surface area (Å²) in [6.07, 6.45) is 0.367. The zero-order chi connectivity index (χ0) is 17.8. The average molecular weight is 378 g/mol. The summed E-state index contributed by atoms with van der Waals surface area (Å²) in [6, 6.07) is 5.34. The van der Waals surface area contributed by atoms with Crippen LogP contribution in [0.5, 0.6) is 0 Å². The Bertz CT molecular complexity index is 926. The van der Waals surface area contributed by atoms with Crippen LogP contribution in [0.25, 0.3) is 5.52 Å². The van der Waals surface area contributed by atoms with E-state index < -0.39 is 12.7 Å². The molecule has 3 rings (SSSR count). The van der Waals surface area contributed by atoms with Crippen LogP contribution in [-0.4, -0.2) is 27.3 Å². The Morgan fingerprint density at radius 1 is 1.52 bits per heavy atom. The first kappa shape index (κ1) is 17.7. The number of nitrogens with zero attached hydrogens (tertiary/aromatic N) is 3. The van der Waals surface area contributed by atoms with Gasteiger partial charge in [-0.1, -0.05) is 12.0 Å². The largest absolute Gasteiger partial charge is 0.363 e. The predicted octanol–water partition coefficient (Wildman–Crippen LogP) is 3.27. The van der Waals surface area contributed by atoms with Crippen molar-refractivity contribution >= 4 is 34.3 Å². The van der Waals surface area contributed by atoms with Crippen LogP contribution in [-0.2, 0) is 13.0 Å². The Labute approximate surface area is 154 Å². The summed E-state index contributed by atoms with van der Waals surface area (Å²) in [5, 5.41) is 9.66. The summed E-state index contributed by atoms with van der Waals surface area (Å²) >= 11 is 7.74. The number of anilines is 1. The van der Waals surface area contributed by atoms with Gasteiger partial charge >= 0.3 is 0 Å². The highest BCUT2D eigenvalue weighted by atomic mass is 35.5. The average Bonchev–Trinajstić information content (AvgIpc) is 3.22. The van der Waals surface area contributed by atoms with Gasteiger partial charge in [0.05, 0.1) is 6.54 Å². The summed E-state index contributed by atoms with van der Waals surface area (Å²) in [5.74, 6) is 6.48. The number of fused-ring (bicyclic) bond motifs is 1. The van der Waals surface area contributed by atoms with Crippen molar-refractivity contribution in [2.45, 2.75) is 25.9 Å². The number of hydrogen-bond acceptors (Lipinski definition) is 5. The van der Waals surface area contributed by atoms with Gasteiger partial charge in [-0.3, -0.25) is 0 Å². The zero-order valence-corrected chi connectivity index (χ0v) is 15.2. The molecule has 5 nitrogen and oxygen atoms in total. The van der Waals surface area contributed by atoms with Crippen molar-refractivity contribution in [2.75, 3.05) is 12.0 Å². The number of halogens is 2. The van der Waals surface area contributed by atoms with Crippen molar-refractivity contribution in [1.29, 1.82) is 0 Å². The van der Waals surface area contributed by atoms with Crippen molar-refractivity contribution < 1.29 is 4.39 Å². The molecule has 0 fully saturated rings. The van der Waals surface area contributed by atoms with E-state index in [4.69, 9.17) is 17.3 Å². The number of alkyl halides is 1. The molecule has 0 aliphatic carbocycles. The molecule has 0 saturated carbocycles. The van der Waals surface area contributed by atoms with E-state index in [1.165, 1.54) is 4.88 Å². The lowest BCUT2D eigenvalue weighted by Crippen LogP contribution is -2.25. The second-order valence-electron chi connectivity index (χ2n) is 5.47. The molecule has 0 radical (unpaired) electrons. The SMILES string of the molecule is CC#Cc1c(C[C@@H](N)CF)cc2c(NCc3cccs3)nc(Cl)nn12. The smallest absolute Gasteiger partial charge is 0.243 e. The molecule has 0 spiro atoms. The fourth-order valence-corrected chi connectivity index (χ4v) is 3.34. The second-order valence-corrected chi connectivity index (χ2v) is 6.84. The van der Waals surface area contributed by atoms with Gasteiger partial charge in [-0.25, -0.2) is 8.91 Å². The third kappa shape index (κ3) is 3.93. The molecule has 3 heterocycles. The van der Waals surface area contributed by atoms with E-state index in [0.29, 0.717) is 24.5 Å². The minimum atomic E-state index is -0.596. The molecule has 1 atom stereocenters. The third-order valence-electron chi connectivity index (χ3n) is 3.62. The minimum Gasteiger partial charge on any atom is -0.363 e. The monoisotopic (exact) mass is 377 g/mol. The van der Waals surface area contributed by atoms with Crippen LogP contribution in [0, 0.1) is 11.8 Å². The number of hydrogen-bond donors (Lipinski definition) is 2. The topological polar surface area (TPSA) is 68.2 Å². The van der Waals surface area contributed by atoms with Crippen molar-refractivity contribution in [3.8, 4) is 11.8 Å². The van der Waals surface area contributed by atoms with E-state index in [1.807, 2.05) is 23.6 Å². The van der Waals surface area contributed by atoms with E-state index >= 15 is 0 Å². The van der Waals surface area contributed by atoms with Crippen LogP contribution >= 0.6 is 22.9 Å². The highest BCUT2D eigenvalue weighted by Gasteiger charge is 2.17. The van der Waals surface area contributed by atoms with E-state index in [2.05, 4.69) is 27.2 Å². The summed E-state index contributed by atoms with van der Waals surface area (Å²) in [5.41, 5.74) is 8.00. The van der Waals surface area contributed by atoms with Crippen LogP contribution in [0.2, 0.25) is 5.28 Å². The van der Waals surface area contributed by atoms with Gasteiger partial charge in [0, 0.05) is 10.9 Å². The maximum absolute atomic E-state index is 12.8. The quantitative estimate of drug-likeness (QED) is 0.647. The normalized spacial score (nSPS) is 12.0. The molecule has 0 bridgehead atoms. The van der Waals surface area contributed by atoms with E-state index in [-0.39, 0.29) is 5.28 Å². The molecule has 130 valence electrons. The lowest BCUT2D eigenvalue weighted by atomic mass is 10.1. The summed E-state index contributed by atoms with van der Waals surface area (Å²) in [6.45, 7) is 1.76. The Morgan fingerprint density at radius 3 is 3.04 bits per heavy atom. The fourth-order valence-electron chi connectivity index (χ4n) is 2.54. The molecule has 0 amide bonds. The zero-order valence-electron chi connectivity index (χ0n) is 13.6. The standard InChI is InChI=1S/C17H17ClFN5S/c1-2-4-14-11(7-12(20)9-19)8-15-16(22-17(18)23-24(14)15)21-10-13-5-3-6-25-13/h3,5-6,8,12H,7,9-10,20H2,1H3,(H,21,22,23)/t12-/m1/s1. The molecule has 0 aliphatic rings. The minimum absolute atomic E-state index is 0.109. The molecule has 3 aromatic rings. The van der Waals surface area contributed by atoms with Crippen molar-refractivity contribution in [2.24, 2.45) is 5.73 Å². The third-order valence-corrected chi connectivity index (χ3v) is 4.65. The van der Waals surface area contributed by atoms with Crippen molar-refractivity contribution in [3.05, 3.63) is 45.0 Å². The van der Waals surface area contributed by atoms with E-state index in [9.17, 15) is 4.39 Å². The molecule has 3 N–H and O–H groups in total. The van der Waals surface area contributed by atoms with Crippen molar-refractivity contribution in [1.82, 2.24) is 14.6 Å². The number of aromatic nitrogens is 3. The van der Waals surface area contributed by atoms with Gasteiger partial charge in [0.1, 0.15) is 17.9 Å². The molecule has 0 aliphatic heterocycles. The van der Waals surface area contributed by atoms with Crippen molar-refractivity contribution in [3.63, 3.8) is 0 Å². The van der Waals surface area contributed by atoms with Gasteiger partial charge in [0.2, 0.25) is 5.28 Å². The number of nitrogens with two attached hydrogens (primary N) is 1. The van der Waals surface area contributed by atoms with Gasteiger partial charge in [-0.05, 0) is 53.9 Å². The highest BCUT2D eigenvalue weighted by Crippen LogP contribution is 2.24. The second kappa shape index (κ2) is 7.83. The van der Waals surface area contributed by atoms with Gasteiger partial charge < -0.3 is 11.1 Å². The van der Waals surface area contributed by atoms with Gasteiger partial charge in [0.25, 0.3) is 0 Å². The Morgan fingerprint density at radius 2 is 2.36 bits per heavy atom. The van der Waals surface area contributed by atoms with Crippen LogP contribution in [0.4, 0.5) is 10.2 Å². The summed E-state index contributed by atoms with van der Waals surface area (Å²) in [4.78, 5) is 5.46. The van der Waals surface area contributed by atoms with E-state index in [1.54, 1.807) is 22.8 Å². The first-order chi connectivity index (χ1) is 12.1. The first-order valence-corrected chi connectivity index (χ1v) is 8.96. The molecule has 3 aromatic heterocycles. The predicted molar refractivity (Wildman–Crippen MR) is 99.8 cm³/mol. The van der Waals surface area contributed by atoms with Gasteiger partial charge in [-0.2, -0.15) is 4.98 Å². The van der Waals surface area contributed by atoms with Crippen LogP contribution in [0.1, 0.15) is 23.1 Å². The molecule has 0 saturated heterocycles. The molecule has 8 heteroatoms. The Balaban J connectivity index is 2.04. The maximum Gasteiger partial charge on any atom is 0.243 e. The molecule has 0 unspecified atom stereocenters. The number of thiophene rings is 1.